The van der Waals surface area contributed by atoms with Gasteiger partial charge in [0.2, 0.25) is 5.91 Å². The van der Waals surface area contributed by atoms with E-state index in [4.69, 9.17) is 0 Å². The maximum atomic E-state index is 11.6. The Kier molecular flexibility index (Phi) is 6.69. The summed E-state index contributed by atoms with van der Waals surface area (Å²) in [7, 11) is 1.88. The number of benzene rings is 1. The van der Waals surface area contributed by atoms with Crippen LogP contribution in [0.25, 0.3) is 11.4 Å². The second-order valence-electron chi connectivity index (χ2n) is 4.17. The molecule has 108 valence electrons. The van der Waals surface area contributed by atoms with Crippen LogP contribution in [0, 0.1) is 0 Å². The third-order valence-corrected chi connectivity index (χ3v) is 2.69. The zero-order chi connectivity index (χ0) is 13.5. The van der Waals surface area contributed by atoms with Gasteiger partial charge in [0, 0.05) is 17.7 Å². The zero-order valence-electron chi connectivity index (χ0n) is 11.2. The quantitative estimate of drug-likeness (QED) is 0.710. The summed E-state index contributed by atoms with van der Waals surface area (Å²) < 4.78 is 0. The van der Waals surface area contributed by atoms with Gasteiger partial charge in [-0.25, -0.2) is 4.98 Å². The molecule has 1 amide bonds. The highest BCUT2D eigenvalue weighted by Gasteiger charge is 2.03. The first-order valence-electron chi connectivity index (χ1n) is 6.20. The lowest BCUT2D eigenvalue weighted by molar-refractivity contribution is -0.116. The van der Waals surface area contributed by atoms with Gasteiger partial charge < -0.3 is 10.6 Å². The van der Waals surface area contributed by atoms with E-state index < -0.39 is 0 Å². The average Bonchev–Trinajstić information content (AvgIpc) is 2.94. The standard InChI is InChI=1S/C13H17N5O.ClH/c1-14-8-2-3-12(19)17-11-6-4-10(5-7-11)13-15-9-16-18-13;/h4-7,9,14H,2-3,8H2,1H3,(H,17,19)(H,15,16,18);1H. The Morgan fingerprint density at radius 1 is 1.30 bits per heavy atom. The Morgan fingerprint density at radius 2 is 2.05 bits per heavy atom. The molecule has 0 saturated heterocycles. The number of carbonyl (C=O) groups excluding carboxylic acids is 1. The number of aromatic nitrogens is 3. The summed E-state index contributed by atoms with van der Waals surface area (Å²) in [6.45, 7) is 0.845. The normalized spacial score (nSPS) is 9.85. The molecule has 2 rings (SSSR count). The lowest BCUT2D eigenvalue weighted by Crippen LogP contribution is -2.15. The largest absolute Gasteiger partial charge is 0.326 e. The lowest BCUT2D eigenvalue weighted by Gasteiger charge is -2.05. The van der Waals surface area contributed by atoms with Gasteiger partial charge in [-0.05, 0) is 44.3 Å². The van der Waals surface area contributed by atoms with Crippen molar-refractivity contribution in [2.24, 2.45) is 0 Å². The molecule has 3 N–H and O–H groups in total. The highest BCUT2D eigenvalue weighted by atomic mass is 35.5. The number of aromatic amines is 1. The van der Waals surface area contributed by atoms with Crippen molar-refractivity contribution in [2.75, 3.05) is 18.9 Å². The molecule has 1 aromatic carbocycles. The van der Waals surface area contributed by atoms with Gasteiger partial charge in [0.25, 0.3) is 0 Å². The van der Waals surface area contributed by atoms with Crippen molar-refractivity contribution in [3.8, 4) is 11.4 Å². The van der Waals surface area contributed by atoms with Crippen LogP contribution in [0.3, 0.4) is 0 Å². The van der Waals surface area contributed by atoms with Crippen LogP contribution in [0.1, 0.15) is 12.8 Å². The molecule has 1 aromatic heterocycles. The number of rotatable bonds is 6. The number of hydrogen-bond donors (Lipinski definition) is 3. The van der Waals surface area contributed by atoms with Gasteiger partial charge in [0.1, 0.15) is 6.33 Å². The van der Waals surface area contributed by atoms with Crippen LogP contribution < -0.4 is 10.6 Å². The van der Waals surface area contributed by atoms with Crippen LogP contribution in [0.15, 0.2) is 30.6 Å². The van der Waals surface area contributed by atoms with Crippen LogP contribution in [-0.4, -0.2) is 34.7 Å². The molecule has 0 saturated carbocycles. The predicted octanol–water partition coefficient (Wildman–Crippen LogP) is 1.83. The Morgan fingerprint density at radius 3 is 2.65 bits per heavy atom. The smallest absolute Gasteiger partial charge is 0.224 e. The first kappa shape index (κ1) is 16.1. The van der Waals surface area contributed by atoms with E-state index in [-0.39, 0.29) is 18.3 Å². The third kappa shape index (κ3) is 4.64. The molecule has 0 atom stereocenters. The van der Waals surface area contributed by atoms with Crippen LogP contribution in [0.5, 0.6) is 0 Å². The summed E-state index contributed by atoms with van der Waals surface area (Å²) in [6, 6.07) is 7.50. The molecule has 6 nitrogen and oxygen atoms in total. The van der Waals surface area contributed by atoms with Crippen molar-refractivity contribution in [1.29, 1.82) is 0 Å². The fraction of sp³-hybridized carbons (Fsp3) is 0.308. The number of nitrogens with zero attached hydrogens (tertiary/aromatic N) is 2. The molecule has 0 aliphatic carbocycles. The van der Waals surface area contributed by atoms with Crippen molar-refractivity contribution in [2.45, 2.75) is 12.8 Å². The number of halogens is 1. The van der Waals surface area contributed by atoms with Gasteiger partial charge in [0.15, 0.2) is 5.82 Å². The van der Waals surface area contributed by atoms with Gasteiger partial charge in [0.05, 0.1) is 0 Å². The summed E-state index contributed by atoms with van der Waals surface area (Å²) in [5.41, 5.74) is 1.73. The minimum Gasteiger partial charge on any atom is -0.326 e. The molecule has 7 heteroatoms. The van der Waals surface area contributed by atoms with E-state index in [0.717, 1.165) is 24.2 Å². The van der Waals surface area contributed by atoms with E-state index in [9.17, 15) is 4.79 Å². The number of anilines is 1. The van der Waals surface area contributed by atoms with E-state index in [1.807, 2.05) is 31.3 Å². The van der Waals surface area contributed by atoms with E-state index >= 15 is 0 Å². The fourth-order valence-electron chi connectivity index (χ4n) is 1.71. The van der Waals surface area contributed by atoms with Gasteiger partial charge in [-0.3, -0.25) is 9.89 Å². The molecule has 2 aromatic rings. The molecule has 0 unspecified atom stereocenters. The monoisotopic (exact) mass is 295 g/mol. The number of H-pyrrole nitrogens is 1. The van der Waals surface area contributed by atoms with E-state index in [1.54, 1.807) is 0 Å². The lowest BCUT2D eigenvalue weighted by atomic mass is 10.2. The van der Waals surface area contributed by atoms with Crippen molar-refractivity contribution >= 4 is 24.0 Å². The summed E-state index contributed by atoms with van der Waals surface area (Å²) in [5.74, 6) is 0.745. The van der Waals surface area contributed by atoms with Gasteiger partial charge in [-0.15, -0.1) is 12.4 Å². The minimum atomic E-state index is 0. The van der Waals surface area contributed by atoms with Crippen molar-refractivity contribution < 1.29 is 4.79 Å². The summed E-state index contributed by atoms with van der Waals surface area (Å²) >= 11 is 0. The molecule has 1 heterocycles. The Labute approximate surface area is 123 Å². The molecular weight excluding hydrogens is 278 g/mol. The molecule has 0 spiro atoms. The van der Waals surface area contributed by atoms with Crippen LogP contribution in [0.4, 0.5) is 5.69 Å². The van der Waals surface area contributed by atoms with Crippen molar-refractivity contribution in [1.82, 2.24) is 20.5 Å². The molecule has 0 bridgehead atoms. The van der Waals surface area contributed by atoms with E-state index in [1.165, 1.54) is 6.33 Å². The van der Waals surface area contributed by atoms with Gasteiger partial charge in [-0.2, -0.15) is 5.10 Å². The maximum absolute atomic E-state index is 11.6. The Hall–Kier alpha value is -1.92. The second-order valence-corrected chi connectivity index (χ2v) is 4.17. The first-order valence-corrected chi connectivity index (χ1v) is 6.20. The predicted molar refractivity (Wildman–Crippen MR) is 80.9 cm³/mol. The highest BCUT2D eigenvalue weighted by molar-refractivity contribution is 5.90. The Bertz CT molecular complexity index is 512. The molecule has 0 fully saturated rings. The summed E-state index contributed by atoms with van der Waals surface area (Å²) in [6.07, 6.45) is 2.82. The van der Waals surface area contributed by atoms with E-state index in [0.29, 0.717) is 12.2 Å². The van der Waals surface area contributed by atoms with Gasteiger partial charge >= 0.3 is 0 Å². The summed E-state index contributed by atoms with van der Waals surface area (Å²) in [5, 5.41) is 12.5. The SMILES string of the molecule is CNCCCC(=O)Nc1ccc(-c2ncn[nH]2)cc1.Cl. The fourth-order valence-corrected chi connectivity index (χ4v) is 1.71. The molecular formula is C13H18ClN5O. The van der Waals surface area contributed by atoms with Crippen LogP contribution in [0.2, 0.25) is 0 Å². The third-order valence-electron chi connectivity index (χ3n) is 2.69. The number of carbonyl (C=O) groups is 1. The number of hydrogen-bond acceptors (Lipinski definition) is 4. The van der Waals surface area contributed by atoms with E-state index in [2.05, 4.69) is 25.8 Å². The van der Waals surface area contributed by atoms with Crippen molar-refractivity contribution in [3.63, 3.8) is 0 Å². The average molecular weight is 296 g/mol. The first-order chi connectivity index (χ1) is 9.29. The Balaban J connectivity index is 0.00000200. The maximum Gasteiger partial charge on any atom is 0.224 e. The molecule has 0 aliphatic rings. The van der Waals surface area contributed by atoms with Gasteiger partial charge in [-0.1, -0.05) is 0 Å². The summed E-state index contributed by atoms with van der Waals surface area (Å²) in [4.78, 5) is 15.7. The molecule has 0 radical (unpaired) electrons. The number of nitrogens with one attached hydrogen (secondary N) is 3. The van der Waals surface area contributed by atoms with Crippen LogP contribution >= 0.6 is 12.4 Å². The topological polar surface area (TPSA) is 82.7 Å². The molecule has 20 heavy (non-hydrogen) atoms. The van der Waals surface area contributed by atoms with Crippen molar-refractivity contribution in [3.05, 3.63) is 30.6 Å². The second kappa shape index (κ2) is 8.29. The molecule has 0 aliphatic heterocycles. The van der Waals surface area contributed by atoms with Crippen LogP contribution in [-0.2, 0) is 4.79 Å². The number of amides is 1. The highest BCUT2D eigenvalue weighted by Crippen LogP contribution is 2.17. The zero-order valence-corrected chi connectivity index (χ0v) is 12.0. The minimum absolute atomic E-state index is 0.